The number of nitrogens with zero attached hydrogens (tertiary/aromatic N) is 3. The Morgan fingerprint density at radius 1 is 1.59 bits per heavy atom. The summed E-state index contributed by atoms with van der Waals surface area (Å²) in [6.07, 6.45) is 5.83. The van der Waals surface area contributed by atoms with Gasteiger partial charge in [-0.2, -0.15) is 0 Å². The molecule has 6 heteroatoms. The topological polar surface area (TPSA) is 70.2 Å². The Morgan fingerprint density at radius 3 is 2.88 bits per heavy atom. The van der Waals surface area contributed by atoms with Gasteiger partial charge in [-0.1, -0.05) is 6.92 Å². The third-order valence-corrected chi connectivity index (χ3v) is 3.87. The molecule has 1 saturated carbocycles. The van der Waals surface area contributed by atoms with Crippen molar-refractivity contribution in [1.82, 2.24) is 9.55 Å². The lowest BCUT2D eigenvalue weighted by atomic mass is 9.79. The molecular formula is C11H15N3O3. The number of ether oxygens (including phenoxy) is 1. The summed E-state index contributed by atoms with van der Waals surface area (Å²) in [6.45, 7) is 2.96. The number of rotatable bonds is 1. The maximum absolute atomic E-state index is 10.6. The van der Waals surface area contributed by atoms with Crippen molar-refractivity contribution >= 4 is 5.82 Å². The molecule has 0 N–H and O–H groups in total. The van der Waals surface area contributed by atoms with Gasteiger partial charge in [0.05, 0.1) is 6.54 Å². The van der Waals surface area contributed by atoms with Crippen LogP contribution in [0.4, 0.5) is 5.82 Å². The molecule has 0 saturated heterocycles. The first-order valence-corrected chi connectivity index (χ1v) is 5.99. The maximum atomic E-state index is 10.6. The molecule has 0 aromatic carbocycles. The van der Waals surface area contributed by atoms with Crippen molar-refractivity contribution in [3.8, 4) is 6.01 Å². The van der Waals surface area contributed by atoms with Gasteiger partial charge in [0.2, 0.25) is 0 Å². The summed E-state index contributed by atoms with van der Waals surface area (Å²) in [6, 6.07) is 0.409. The SMILES string of the molecule is CC1CCC2(CC1)Cn1cc([N+](=O)[O-])nc1O2. The highest BCUT2D eigenvalue weighted by molar-refractivity contribution is 5.24. The van der Waals surface area contributed by atoms with Crippen LogP contribution in [0.3, 0.4) is 0 Å². The van der Waals surface area contributed by atoms with E-state index in [4.69, 9.17) is 4.74 Å². The highest BCUT2D eigenvalue weighted by Crippen LogP contribution is 2.41. The highest BCUT2D eigenvalue weighted by atomic mass is 16.6. The molecule has 1 spiro atoms. The second-order valence-electron chi connectivity index (χ2n) is 5.23. The Bertz CT molecular complexity index is 435. The molecule has 92 valence electrons. The predicted octanol–water partition coefficient (Wildman–Crippen LogP) is 2.13. The number of fused-ring (bicyclic) bond motifs is 1. The van der Waals surface area contributed by atoms with Gasteiger partial charge in [0.15, 0.2) is 0 Å². The first-order valence-electron chi connectivity index (χ1n) is 5.99. The molecule has 6 nitrogen and oxygen atoms in total. The predicted molar refractivity (Wildman–Crippen MR) is 59.9 cm³/mol. The van der Waals surface area contributed by atoms with E-state index in [-0.39, 0.29) is 11.4 Å². The zero-order valence-corrected chi connectivity index (χ0v) is 9.76. The van der Waals surface area contributed by atoms with Gasteiger partial charge in [0.1, 0.15) is 11.8 Å². The molecule has 0 radical (unpaired) electrons. The van der Waals surface area contributed by atoms with E-state index in [9.17, 15) is 10.1 Å². The van der Waals surface area contributed by atoms with Gasteiger partial charge in [0.25, 0.3) is 0 Å². The van der Waals surface area contributed by atoms with Crippen LogP contribution in [0.15, 0.2) is 6.20 Å². The summed E-state index contributed by atoms with van der Waals surface area (Å²) < 4.78 is 7.63. The van der Waals surface area contributed by atoms with E-state index < -0.39 is 4.92 Å². The normalized spacial score (nSPS) is 31.2. The van der Waals surface area contributed by atoms with E-state index in [0.717, 1.165) is 31.6 Å². The second-order valence-corrected chi connectivity index (χ2v) is 5.23. The van der Waals surface area contributed by atoms with Gasteiger partial charge >= 0.3 is 11.8 Å². The van der Waals surface area contributed by atoms with Crippen molar-refractivity contribution in [3.05, 3.63) is 16.3 Å². The molecule has 1 aliphatic heterocycles. The van der Waals surface area contributed by atoms with Gasteiger partial charge in [0, 0.05) is 4.98 Å². The van der Waals surface area contributed by atoms with E-state index in [1.54, 1.807) is 4.57 Å². The number of hydrogen-bond acceptors (Lipinski definition) is 4. The smallest absolute Gasteiger partial charge is 0.415 e. The fraction of sp³-hybridized carbons (Fsp3) is 0.727. The number of nitro groups is 1. The molecule has 2 aliphatic rings. The molecule has 1 aliphatic carbocycles. The Kier molecular flexibility index (Phi) is 2.14. The molecule has 1 aromatic rings. The van der Waals surface area contributed by atoms with Crippen molar-refractivity contribution < 1.29 is 9.66 Å². The summed E-state index contributed by atoms with van der Waals surface area (Å²) in [5.74, 6) is 0.630. The lowest BCUT2D eigenvalue weighted by Gasteiger charge is -2.33. The number of aromatic nitrogens is 2. The average molecular weight is 237 g/mol. The van der Waals surface area contributed by atoms with Gasteiger partial charge in [-0.05, 0) is 36.5 Å². The minimum Gasteiger partial charge on any atom is -0.437 e. The fourth-order valence-corrected chi connectivity index (χ4v) is 2.75. The van der Waals surface area contributed by atoms with E-state index in [1.165, 1.54) is 6.20 Å². The Labute approximate surface area is 98.7 Å². The molecular weight excluding hydrogens is 222 g/mol. The zero-order valence-electron chi connectivity index (χ0n) is 9.76. The van der Waals surface area contributed by atoms with Crippen LogP contribution in [0.1, 0.15) is 32.6 Å². The summed E-state index contributed by atoms with van der Waals surface area (Å²) in [5, 5.41) is 10.6. The van der Waals surface area contributed by atoms with Crippen LogP contribution in [-0.2, 0) is 6.54 Å². The van der Waals surface area contributed by atoms with Gasteiger partial charge in [-0.25, -0.2) is 0 Å². The molecule has 3 rings (SSSR count). The summed E-state index contributed by atoms with van der Waals surface area (Å²) >= 11 is 0. The lowest BCUT2D eigenvalue weighted by molar-refractivity contribution is -0.389. The monoisotopic (exact) mass is 237 g/mol. The second kappa shape index (κ2) is 3.45. The van der Waals surface area contributed by atoms with Crippen molar-refractivity contribution in [2.75, 3.05) is 0 Å². The van der Waals surface area contributed by atoms with Crippen molar-refractivity contribution in [1.29, 1.82) is 0 Å². The van der Waals surface area contributed by atoms with E-state index in [1.807, 2.05) is 0 Å². The van der Waals surface area contributed by atoms with Gasteiger partial charge in [-0.3, -0.25) is 4.57 Å². The standard InChI is InChI=1S/C11H15N3O3/c1-8-2-4-11(5-3-8)7-13-6-9(14(15)16)12-10(13)17-11/h6,8H,2-5,7H2,1H3. The Morgan fingerprint density at radius 2 is 2.29 bits per heavy atom. The summed E-state index contributed by atoms with van der Waals surface area (Å²) in [5.41, 5.74) is -0.149. The van der Waals surface area contributed by atoms with Crippen LogP contribution in [0, 0.1) is 16.0 Å². The Hall–Kier alpha value is -1.59. The van der Waals surface area contributed by atoms with E-state index >= 15 is 0 Å². The van der Waals surface area contributed by atoms with Gasteiger partial charge in [-0.15, -0.1) is 0 Å². The zero-order chi connectivity index (χ0) is 12.0. The third kappa shape index (κ3) is 1.67. The lowest BCUT2D eigenvalue weighted by Crippen LogP contribution is -2.39. The third-order valence-electron chi connectivity index (χ3n) is 3.87. The minimum atomic E-state index is -0.482. The van der Waals surface area contributed by atoms with Crippen LogP contribution in [0.5, 0.6) is 6.01 Å². The van der Waals surface area contributed by atoms with Crippen LogP contribution >= 0.6 is 0 Å². The molecule has 0 amide bonds. The highest BCUT2D eigenvalue weighted by Gasteiger charge is 2.45. The molecule has 2 heterocycles. The number of hydrogen-bond donors (Lipinski definition) is 0. The first kappa shape index (κ1) is 10.6. The average Bonchev–Trinajstić information content (AvgIpc) is 2.78. The van der Waals surface area contributed by atoms with Crippen LogP contribution in [0.2, 0.25) is 0 Å². The summed E-state index contributed by atoms with van der Waals surface area (Å²) in [4.78, 5) is 14.0. The molecule has 1 aromatic heterocycles. The first-order chi connectivity index (χ1) is 8.08. The van der Waals surface area contributed by atoms with Crippen LogP contribution in [0.25, 0.3) is 0 Å². The van der Waals surface area contributed by atoms with E-state index in [2.05, 4.69) is 11.9 Å². The molecule has 0 unspecified atom stereocenters. The fourth-order valence-electron chi connectivity index (χ4n) is 2.75. The van der Waals surface area contributed by atoms with Crippen LogP contribution in [-0.4, -0.2) is 20.1 Å². The maximum Gasteiger partial charge on any atom is 0.415 e. The van der Waals surface area contributed by atoms with E-state index in [0.29, 0.717) is 12.6 Å². The van der Waals surface area contributed by atoms with Crippen molar-refractivity contribution in [2.24, 2.45) is 5.92 Å². The van der Waals surface area contributed by atoms with Crippen molar-refractivity contribution in [2.45, 2.75) is 44.8 Å². The molecule has 0 atom stereocenters. The summed E-state index contributed by atoms with van der Waals surface area (Å²) in [7, 11) is 0. The quantitative estimate of drug-likeness (QED) is 0.554. The Balaban J connectivity index is 1.79. The van der Waals surface area contributed by atoms with Crippen molar-refractivity contribution in [3.63, 3.8) is 0 Å². The molecule has 0 bridgehead atoms. The van der Waals surface area contributed by atoms with Crippen LogP contribution < -0.4 is 4.74 Å². The minimum absolute atomic E-state index is 0.126. The van der Waals surface area contributed by atoms with Gasteiger partial charge < -0.3 is 14.9 Å². The molecule has 1 fully saturated rings. The largest absolute Gasteiger partial charge is 0.437 e. The number of imidazole rings is 1. The molecule has 17 heavy (non-hydrogen) atoms.